The van der Waals surface area contributed by atoms with Gasteiger partial charge in [0.15, 0.2) is 5.82 Å². The molecule has 0 radical (unpaired) electrons. The molecular weight excluding hydrogens is 365 g/mol. The van der Waals surface area contributed by atoms with Crippen molar-refractivity contribution in [3.63, 3.8) is 0 Å². The van der Waals surface area contributed by atoms with Crippen molar-refractivity contribution in [2.45, 2.75) is 6.54 Å². The molecule has 0 N–H and O–H groups in total. The Bertz CT molecular complexity index is 1080. The van der Waals surface area contributed by atoms with Crippen LogP contribution >= 0.6 is 0 Å². The number of hydrogen-bond acceptors (Lipinski definition) is 2. The Morgan fingerprint density at radius 2 is 1.41 bits per heavy atom. The Labute approximate surface area is 150 Å². The van der Waals surface area contributed by atoms with Gasteiger partial charge in [0.05, 0.1) is 17.8 Å². The van der Waals surface area contributed by atoms with Crippen molar-refractivity contribution in [3.8, 4) is 22.8 Å². The molecule has 0 saturated heterocycles. The van der Waals surface area contributed by atoms with Crippen LogP contribution in [0.3, 0.4) is 0 Å². The molecule has 0 amide bonds. The average Bonchev–Trinajstić information content (AvgIpc) is 3.00. The van der Waals surface area contributed by atoms with Crippen LogP contribution in [-0.2, 0) is 6.54 Å². The van der Waals surface area contributed by atoms with Crippen LogP contribution in [0.4, 0.5) is 22.0 Å². The van der Waals surface area contributed by atoms with Crippen molar-refractivity contribution in [1.82, 2.24) is 14.5 Å². The molecule has 8 heteroatoms. The van der Waals surface area contributed by atoms with Crippen molar-refractivity contribution in [1.29, 1.82) is 0 Å². The molecule has 0 atom stereocenters. The van der Waals surface area contributed by atoms with E-state index in [1.807, 2.05) is 0 Å². The van der Waals surface area contributed by atoms with Gasteiger partial charge in [-0.05, 0) is 18.2 Å². The zero-order valence-corrected chi connectivity index (χ0v) is 13.6. The van der Waals surface area contributed by atoms with Crippen LogP contribution in [0.2, 0.25) is 0 Å². The van der Waals surface area contributed by atoms with Crippen molar-refractivity contribution >= 4 is 0 Å². The van der Waals surface area contributed by atoms with Crippen LogP contribution in [0.5, 0.6) is 0 Å². The van der Waals surface area contributed by atoms with E-state index >= 15 is 0 Å². The van der Waals surface area contributed by atoms with Gasteiger partial charge in [-0.1, -0.05) is 6.07 Å². The molecule has 0 saturated carbocycles. The zero-order valence-electron chi connectivity index (χ0n) is 13.6. The summed E-state index contributed by atoms with van der Waals surface area (Å²) in [6.45, 7) is -0.218. The SMILES string of the molecule is Fc1cc(F)c(Cn2ccc3nc(-c4c(F)cccc4F)nc-3c2)c(F)c1. The Morgan fingerprint density at radius 3 is 2.07 bits per heavy atom. The first-order valence-corrected chi connectivity index (χ1v) is 7.83. The Kier molecular flexibility index (Phi) is 4.10. The molecule has 0 spiro atoms. The van der Waals surface area contributed by atoms with Gasteiger partial charge < -0.3 is 4.57 Å². The van der Waals surface area contributed by atoms with Crippen molar-refractivity contribution in [3.05, 3.63) is 83.4 Å². The fourth-order valence-corrected chi connectivity index (χ4v) is 2.78. The summed E-state index contributed by atoms with van der Waals surface area (Å²) >= 11 is 0. The summed E-state index contributed by atoms with van der Waals surface area (Å²) in [7, 11) is 0. The first-order chi connectivity index (χ1) is 12.9. The number of imidazole rings is 1. The number of fused-ring (bicyclic) bond motifs is 1. The van der Waals surface area contributed by atoms with E-state index < -0.39 is 29.1 Å². The molecule has 2 aliphatic heterocycles. The molecule has 2 aliphatic rings. The van der Waals surface area contributed by atoms with Gasteiger partial charge >= 0.3 is 0 Å². The maximum absolute atomic E-state index is 13.9. The largest absolute Gasteiger partial charge is 0.347 e. The molecule has 27 heavy (non-hydrogen) atoms. The summed E-state index contributed by atoms with van der Waals surface area (Å²) in [5, 5.41) is 0. The predicted octanol–water partition coefficient (Wildman–Crippen LogP) is 4.79. The molecular formula is C19H10F5N3. The quantitative estimate of drug-likeness (QED) is 0.482. The van der Waals surface area contributed by atoms with E-state index in [1.165, 1.54) is 29.1 Å². The molecule has 4 rings (SSSR count). The number of rotatable bonds is 3. The first kappa shape index (κ1) is 17.1. The van der Waals surface area contributed by atoms with Gasteiger partial charge in [-0.2, -0.15) is 0 Å². The second kappa shape index (κ2) is 6.46. The van der Waals surface area contributed by atoms with Crippen molar-refractivity contribution in [2.75, 3.05) is 0 Å². The number of hydrogen-bond donors (Lipinski definition) is 0. The summed E-state index contributed by atoms with van der Waals surface area (Å²) in [4.78, 5) is 8.20. The van der Waals surface area contributed by atoms with Gasteiger partial charge in [-0.25, -0.2) is 31.9 Å². The number of nitrogens with zero attached hydrogens (tertiary/aromatic N) is 3. The minimum atomic E-state index is -1.01. The first-order valence-electron chi connectivity index (χ1n) is 7.83. The topological polar surface area (TPSA) is 30.7 Å². The van der Waals surface area contributed by atoms with Crippen LogP contribution in [0.15, 0.2) is 48.8 Å². The standard InChI is InChI=1S/C19H10F5N3/c20-10-6-14(23)11(15(24)7-10)8-27-5-4-16-17(9-27)26-19(25-16)18-12(21)2-1-3-13(18)22/h1-7,9H,8H2. The van der Waals surface area contributed by atoms with E-state index in [4.69, 9.17) is 0 Å². The fraction of sp³-hybridized carbons (Fsp3) is 0.0526. The number of halogens is 5. The molecule has 2 heterocycles. The van der Waals surface area contributed by atoms with Gasteiger partial charge in [0.2, 0.25) is 0 Å². The molecule has 0 fully saturated rings. The lowest BCUT2D eigenvalue weighted by Crippen LogP contribution is -2.06. The smallest absolute Gasteiger partial charge is 0.166 e. The lowest BCUT2D eigenvalue weighted by atomic mass is 10.2. The summed E-state index contributed by atoms with van der Waals surface area (Å²) in [5.41, 5.74) is -0.0152. The third-order valence-corrected chi connectivity index (χ3v) is 4.06. The predicted molar refractivity (Wildman–Crippen MR) is 87.4 cm³/mol. The van der Waals surface area contributed by atoms with Gasteiger partial charge in [-0.15, -0.1) is 0 Å². The highest BCUT2D eigenvalue weighted by atomic mass is 19.2. The highest BCUT2D eigenvalue weighted by Crippen LogP contribution is 2.28. The second-order valence-electron chi connectivity index (χ2n) is 5.88. The Morgan fingerprint density at radius 1 is 0.778 bits per heavy atom. The maximum Gasteiger partial charge on any atom is 0.166 e. The van der Waals surface area contributed by atoms with Crippen molar-refractivity contribution < 1.29 is 22.0 Å². The van der Waals surface area contributed by atoms with E-state index in [2.05, 4.69) is 9.97 Å². The highest BCUT2D eigenvalue weighted by molar-refractivity contribution is 5.66. The monoisotopic (exact) mass is 375 g/mol. The van der Waals surface area contributed by atoms with Gasteiger partial charge in [0, 0.05) is 30.1 Å². The second-order valence-corrected chi connectivity index (χ2v) is 5.88. The van der Waals surface area contributed by atoms with E-state index in [-0.39, 0.29) is 29.2 Å². The van der Waals surface area contributed by atoms with Gasteiger partial charge in [0.25, 0.3) is 0 Å². The maximum atomic E-state index is 13.9. The summed E-state index contributed by atoms with van der Waals surface area (Å²) < 4.78 is 69.9. The average molecular weight is 375 g/mol. The summed E-state index contributed by atoms with van der Waals surface area (Å²) in [6, 6.07) is 6.12. The lowest BCUT2D eigenvalue weighted by molar-refractivity contribution is 0.516. The molecule has 136 valence electrons. The number of aromatic nitrogens is 3. The highest BCUT2D eigenvalue weighted by Gasteiger charge is 2.19. The third-order valence-electron chi connectivity index (χ3n) is 4.06. The molecule has 0 aromatic heterocycles. The number of pyridine rings is 1. The molecule has 0 bridgehead atoms. The molecule has 0 aliphatic carbocycles. The molecule has 0 unspecified atom stereocenters. The van der Waals surface area contributed by atoms with Gasteiger partial charge in [-0.3, -0.25) is 0 Å². The summed E-state index contributed by atoms with van der Waals surface area (Å²) in [6.07, 6.45) is 2.92. The fourth-order valence-electron chi connectivity index (χ4n) is 2.78. The van der Waals surface area contributed by atoms with E-state index in [0.717, 1.165) is 12.1 Å². The number of benzene rings is 2. The molecule has 2 aromatic rings. The molecule has 2 aromatic carbocycles. The van der Waals surface area contributed by atoms with Crippen LogP contribution in [0.1, 0.15) is 5.56 Å². The summed E-state index contributed by atoms with van der Waals surface area (Å²) in [5.74, 6) is -4.75. The van der Waals surface area contributed by atoms with Crippen LogP contribution < -0.4 is 0 Å². The lowest BCUT2D eigenvalue weighted by Gasteiger charge is -2.10. The normalized spacial score (nSPS) is 11.3. The Hall–Kier alpha value is -3.29. The van der Waals surface area contributed by atoms with Gasteiger partial charge in [0.1, 0.15) is 34.8 Å². The zero-order chi connectivity index (χ0) is 19.1. The van der Waals surface area contributed by atoms with E-state index in [0.29, 0.717) is 17.8 Å². The van der Waals surface area contributed by atoms with Crippen molar-refractivity contribution in [2.24, 2.45) is 0 Å². The minimum Gasteiger partial charge on any atom is -0.347 e. The van der Waals surface area contributed by atoms with Crippen LogP contribution in [0, 0.1) is 29.1 Å². The van der Waals surface area contributed by atoms with E-state index in [1.54, 1.807) is 0 Å². The minimum absolute atomic E-state index is 0.127. The molecule has 3 nitrogen and oxygen atoms in total. The van der Waals surface area contributed by atoms with Crippen LogP contribution in [-0.4, -0.2) is 14.5 Å². The Balaban J connectivity index is 1.73. The third kappa shape index (κ3) is 3.14. The van der Waals surface area contributed by atoms with Crippen LogP contribution in [0.25, 0.3) is 22.8 Å². The van der Waals surface area contributed by atoms with E-state index in [9.17, 15) is 22.0 Å².